The minimum absolute atomic E-state index is 0.0621. The van der Waals surface area contributed by atoms with Gasteiger partial charge in [0.25, 0.3) is 0 Å². The predicted octanol–water partition coefficient (Wildman–Crippen LogP) is 2.96. The summed E-state index contributed by atoms with van der Waals surface area (Å²) in [7, 11) is 0. The maximum Gasteiger partial charge on any atom is 0.228 e. The Bertz CT molecular complexity index is 906. The summed E-state index contributed by atoms with van der Waals surface area (Å²) in [6.07, 6.45) is 3.78. The number of halogens is 1. The molecule has 3 aromatic rings. The molecular formula is C18H21ClN6O. The second-order valence-electron chi connectivity index (χ2n) is 5.85. The fourth-order valence-electron chi connectivity index (χ4n) is 2.78. The molecule has 1 aromatic carbocycles. The molecule has 0 saturated carbocycles. The molecule has 2 heterocycles. The van der Waals surface area contributed by atoms with Crippen LogP contribution in [0.2, 0.25) is 5.02 Å². The van der Waals surface area contributed by atoms with E-state index < -0.39 is 0 Å². The zero-order chi connectivity index (χ0) is 18.5. The average molecular weight is 373 g/mol. The van der Waals surface area contributed by atoms with Gasteiger partial charge in [0.2, 0.25) is 5.91 Å². The number of nitrogens with one attached hydrogen (secondary N) is 1. The average Bonchev–Trinajstić information content (AvgIpc) is 3.08. The highest BCUT2D eigenvalue weighted by molar-refractivity contribution is 6.31. The fraction of sp³-hybridized carbons (Fsp3) is 0.333. The van der Waals surface area contributed by atoms with Crippen LogP contribution < -0.4 is 5.32 Å². The van der Waals surface area contributed by atoms with Crippen molar-refractivity contribution in [2.24, 2.45) is 0 Å². The lowest BCUT2D eigenvalue weighted by Gasteiger charge is -2.17. The van der Waals surface area contributed by atoms with Crippen LogP contribution in [0, 0.1) is 0 Å². The van der Waals surface area contributed by atoms with Gasteiger partial charge < -0.3 is 10.2 Å². The summed E-state index contributed by atoms with van der Waals surface area (Å²) >= 11 is 6.02. The smallest absolute Gasteiger partial charge is 0.228 e. The summed E-state index contributed by atoms with van der Waals surface area (Å²) in [5.74, 6) is 0.0621. The van der Waals surface area contributed by atoms with Crippen molar-refractivity contribution in [3.05, 3.63) is 47.4 Å². The first-order valence-corrected chi connectivity index (χ1v) is 8.93. The van der Waals surface area contributed by atoms with Gasteiger partial charge in [-0.05, 0) is 38.1 Å². The number of carbonyl (C=O) groups excluding carboxylic acids is 1. The maximum atomic E-state index is 12.2. The molecule has 0 fully saturated rings. The topological polar surface area (TPSA) is 75.9 Å². The highest BCUT2D eigenvalue weighted by Gasteiger charge is 2.13. The third-order valence-electron chi connectivity index (χ3n) is 4.17. The summed E-state index contributed by atoms with van der Waals surface area (Å²) in [5.41, 5.74) is 2.42. The van der Waals surface area contributed by atoms with Gasteiger partial charge in [-0.2, -0.15) is 0 Å². The number of nitrogens with zero attached hydrogens (tertiary/aromatic N) is 5. The lowest BCUT2D eigenvalue weighted by molar-refractivity contribution is -0.130. The number of aromatic nitrogens is 4. The molecule has 8 heteroatoms. The molecule has 0 aliphatic rings. The minimum Gasteiger partial charge on any atom is -0.366 e. The molecule has 2 aromatic heterocycles. The van der Waals surface area contributed by atoms with E-state index in [1.807, 2.05) is 38.1 Å². The van der Waals surface area contributed by atoms with Gasteiger partial charge in [0.15, 0.2) is 0 Å². The number of benzene rings is 1. The van der Waals surface area contributed by atoms with E-state index in [0.717, 1.165) is 16.6 Å². The number of amides is 1. The van der Waals surface area contributed by atoms with E-state index >= 15 is 0 Å². The molecule has 0 aliphatic heterocycles. The van der Waals surface area contributed by atoms with E-state index in [4.69, 9.17) is 11.6 Å². The molecule has 7 nitrogen and oxygen atoms in total. The summed E-state index contributed by atoms with van der Waals surface area (Å²) in [4.78, 5) is 18.3. The van der Waals surface area contributed by atoms with Crippen molar-refractivity contribution in [3.8, 4) is 0 Å². The molecule has 0 spiro atoms. The van der Waals surface area contributed by atoms with Crippen molar-refractivity contribution in [1.82, 2.24) is 24.9 Å². The van der Waals surface area contributed by atoms with Crippen molar-refractivity contribution in [1.29, 1.82) is 0 Å². The van der Waals surface area contributed by atoms with Gasteiger partial charge in [-0.1, -0.05) is 16.8 Å². The number of likely N-dealkylation sites (N-methyl/N-ethyl adjacent to an activating group) is 1. The van der Waals surface area contributed by atoms with Gasteiger partial charge in [0.05, 0.1) is 23.8 Å². The molecule has 136 valence electrons. The molecule has 1 amide bonds. The number of fused-ring (bicyclic) bond motifs is 1. The Hall–Kier alpha value is -2.67. The van der Waals surface area contributed by atoms with Crippen molar-refractivity contribution >= 4 is 34.1 Å². The number of pyridine rings is 1. The van der Waals surface area contributed by atoms with E-state index in [1.54, 1.807) is 22.0 Å². The second kappa shape index (κ2) is 8.14. The standard InChI is InChI=1S/C18H21ClN6O/c1-3-24(4-2)18(26)10-14-11-25(23-22-14)12-21-16-7-8-20-17-9-13(19)5-6-15(16)17/h5-9,11H,3-4,10,12H2,1-2H3,(H,20,21). The third-order valence-corrected chi connectivity index (χ3v) is 4.41. The van der Waals surface area contributed by atoms with Gasteiger partial charge in [-0.25, -0.2) is 4.68 Å². The Labute approximate surface area is 157 Å². The number of rotatable bonds is 7. The quantitative estimate of drug-likeness (QED) is 0.690. The number of anilines is 1. The zero-order valence-electron chi connectivity index (χ0n) is 14.8. The molecule has 0 aliphatic carbocycles. The van der Waals surface area contributed by atoms with E-state index in [-0.39, 0.29) is 12.3 Å². The number of hydrogen-bond donors (Lipinski definition) is 1. The Morgan fingerprint density at radius 3 is 2.85 bits per heavy atom. The summed E-state index contributed by atoms with van der Waals surface area (Å²) in [6, 6.07) is 7.50. The van der Waals surface area contributed by atoms with Crippen molar-refractivity contribution in [3.63, 3.8) is 0 Å². The highest BCUT2D eigenvalue weighted by Crippen LogP contribution is 2.24. The SMILES string of the molecule is CCN(CC)C(=O)Cc1cn(CNc2ccnc3cc(Cl)ccc23)nn1. The molecule has 0 unspecified atom stereocenters. The van der Waals surface area contributed by atoms with Crippen LogP contribution in [-0.4, -0.2) is 43.9 Å². The van der Waals surface area contributed by atoms with Crippen molar-refractivity contribution < 1.29 is 4.79 Å². The van der Waals surface area contributed by atoms with Gasteiger partial charge in [-0.15, -0.1) is 5.10 Å². The van der Waals surface area contributed by atoms with E-state index in [9.17, 15) is 4.79 Å². The van der Waals surface area contributed by atoms with Crippen LogP contribution in [0.1, 0.15) is 19.5 Å². The van der Waals surface area contributed by atoms with Crippen LogP contribution in [-0.2, 0) is 17.9 Å². The largest absolute Gasteiger partial charge is 0.366 e. The van der Waals surface area contributed by atoms with E-state index in [0.29, 0.717) is 30.5 Å². The van der Waals surface area contributed by atoms with Gasteiger partial charge >= 0.3 is 0 Å². The fourth-order valence-corrected chi connectivity index (χ4v) is 2.95. The molecular weight excluding hydrogens is 352 g/mol. The summed E-state index contributed by atoms with van der Waals surface area (Å²) in [6.45, 7) is 5.77. The first kappa shape index (κ1) is 18.1. The third kappa shape index (κ3) is 4.11. The van der Waals surface area contributed by atoms with Crippen molar-refractivity contribution in [2.75, 3.05) is 18.4 Å². The van der Waals surface area contributed by atoms with Gasteiger partial charge in [-0.3, -0.25) is 9.78 Å². The van der Waals surface area contributed by atoms with Crippen LogP contribution in [0.5, 0.6) is 0 Å². The molecule has 0 atom stereocenters. The van der Waals surface area contributed by atoms with E-state index in [2.05, 4.69) is 20.6 Å². The Kier molecular flexibility index (Phi) is 5.68. The minimum atomic E-state index is 0.0621. The van der Waals surface area contributed by atoms with E-state index in [1.165, 1.54) is 0 Å². The first-order valence-electron chi connectivity index (χ1n) is 8.55. The molecule has 0 bridgehead atoms. The maximum absolute atomic E-state index is 12.2. The lowest BCUT2D eigenvalue weighted by atomic mass is 10.2. The van der Waals surface area contributed by atoms with Gasteiger partial charge in [0, 0.05) is 35.4 Å². The van der Waals surface area contributed by atoms with Crippen LogP contribution in [0.15, 0.2) is 36.7 Å². The van der Waals surface area contributed by atoms with Crippen LogP contribution in [0.4, 0.5) is 5.69 Å². The second-order valence-corrected chi connectivity index (χ2v) is 6.28. The normalized spacial score (nSPS) is 10.9. The molecule has 0 saturated heterocycles. The Balaban J connectivity index is 1.66. The summed E-state index contributed by atoms with van der Waals surface area (Å²) < 4.78 is 1.67. The van der Waals surface area contributed by atoms with Crippen molar-refractivity contribution in [2.45, 2.75) is 26.9 Å². The monoisotopic (exact) mass is 372 g/mol. The summed E-state index contributed by atoms with van der Waals surface area (Å²) in [5, 5.41) is 13.1. The Morgan fingerprint density at radius 2 is 2.08 bits per heavy atom. The lowest BCUT2D eigenvalue weighted by Crippen LogP contribution is -2.31. The first-order chi connectivity index (χ1) is 12.6. The Morgan fingerprint density at radius 1 is 1.27 bits per heavy atom. The molecule has 26 heavy (non-hydrogen) atoms. The highest BCUT2D eigenvalue weighted by atomic mass is 35.5. The van der Waals surface area contributed by atoms with Crippen LogP contribution in [0.25, 0.3) is 10.9 Å². The van der Waals surface area contributed by atoms with Gasteiger partial charge in [0.1, 0.15) is 6.67 Å². The number of hydrogen-bond acceptors (Lipinski definition) is 5. The molecule has 3 rings (SSSR count). The predicted molar refractivity (Wildman–Crippen MR) is 102 cm³/mol. The van der Waals surface area contributed by atoms with Crippen LogP contribution in [0.3, 0.4) is 0 Å². The zero-order valence-corrected chi connectivity index (χ0v) is 15.6. The van der Waals surface area contributed by atoms with Crippen LogP contribution >= 0.6 is 11.6 Å². The number of carbonyl (C=O) groups is 1. The molecule has 1 N–H and O–H groups in total. The molecule has 0 radical (unpaired) electrons.